The Labute approximate surface area is 170 Å². The van der Waals surface area contributed by atoms with Crippen molar-refractivity contribution in [3.8, 4) is 5.75 Å². The second-order valence-electron chi connectivity index (χ2n) is 6.59. The number of hydrogen-bond donors (Lipinski definition) is 0. The van der Waals surface area contributed by atoms with Crippen molar-refractivity contribution in [3.63, 3.8) is 0 Å². The van der Waals surface area contributed by atoms with Crippen molar-refractivity contribution in [3.05, 3.63) is 58.4 Å². The number of carbonyl (C=O) groups excluding carboxylic acids is 3. The smallest absolute Gasteiger partial charge is 0.268 e. The summed E-state index contributed by atoms with van der Waals surface area (Å²) in [5.41, 5.74) is 1.52. The maximum absolute atomic E-state index is 12.6. The lowest BCUT2D eigenvalue weighted by atomic mass is 10.1. The Bertz CT molecular complexity index is 1170. The van der Waals surface area contributed by atoms with Crippen LogP contribution in [0.15, 0.2) is 47.5 Å². The molecule has 0 fully saturated rings. The summed E-state index contributed by atoms with van der Waals surface area (Å²) in [5, 5.41) is 0. The van der Waals surface area contributed by atoms with E-state index in [1.54, 1.807) is 31.4 Å². The number of aromatic nitrogens is 1. The molecule has 0 spiro atoms. The number of methoxy groups -OCH3 is 1. The van der Waals surface area contributed by atoms with Crippen molar-refractivity contribution in [2.45, 2.75) is 19.9 Å². The Morgan fingerprint density at radius 1 is 1.07 bits per heavy atom. The van der Waals surface area contributed by atoms with Crippen LogP contribution in [0.4, 0.5) is 0 Å². The van der Waals surface area contributed by atoms with Gasteiger partial charge in [0.05, 0.1) is 22.9 Å². The van der Waals surface area contributed by atoms with Crippen LogP contribution in [0.3, 0.4) is 0 Å². The van der Waals surface area contributed by atoms with Gasteiger partial charge in [-0.05, 0) is 30.7 Å². The van der Waals surface area contributed by atoms with Crippen LogP contribution in [0.25, 0.3) is 10.2 Å². The van der Waals surface area contributed by atoms with E-state index >= 15 is 0 Å². The molecule has 0 radical (unpaired) electrons. The van der Waals surface area contributed by atoms with Crippen LogP contribution in [0.1, 0.15) is 34.1 Å². The van der Waals surface area contributed by atoms with Crippen LogP contribution >= 0.6 is 11.3 Å². The van der Waals surface area contributed by atoms with Crippen molar-refractivity contribution in [1.29, 1.82) is 0 Å². The van der Waals surface area contributed by atoms with E-state index in [4.69, 9.17) is 4.74 Å². The molecule has 0 bridgehead atoms. The minimum atomic E-state index is -0.546. The number of carbonyl (C=O) groups is 3. The van der Waals surface area contributed by atoms with Gasteiger partial charge in [-0.2, -0.15) is 4.99 Å². The van der Waals surface area contributed by atoms with Gasteiger partial charge in [-0.3, -0.25) is 19.3 Å². The second-order valence-corrected chi connectivity index (χ2v) is 7.60. The van der Waals surface area contributed by atoms with Crippen LogP contribution in [-0.4, -0.2) is 40.8 Å². The summed E-state index contributed by atoms with van der Waals surface area (Å²) in [5.74, 6) is -0.765. The molecule has 7 nitrogen and oxygen atoms in total. The zero-order chi connectivity index (χ0) is 20.5. The van der Waals surface area contributed by atoms with Crippen molar-refractivity contribution in [2.75, 3.05) is 13.7 Å². The third-order valence-corrected chi connectivity index (χ3v) is 5.77. The van der Waals surface area contributed by atoms with Gasteiger partial charge in [-0.15, -0.1) is 0 Å². The lowest BCUT2D eigenvalue weighted by molar-refractivity contribution is -0.118. The van der Waals surface area contributed by atoms with Gasteiger partial charge in [0.25, 0.3) is 17.7 Å². The summed E-state index contributed by atoms with van der Waals surface area (Å²) in [6.45, 7) is 2.32. The molecule has 1 aliphatic rings. The number of hydrogen-bond acceptors (Lipinski definition) is 5. The van der Waals surface area contributed by atoms with Crippen LogP contribution in [-0.2, 0) is 11.3 Å². The van der Waals surface area contributed by atoms with E-state index in [-0.39, 0.29) is 6.54 Å². The van der Waals surface area contributed by atoms with Gasteiger partial charge in [-0.25, -0.2) is 0 Å². The Morgan fingerprint density at radius 3 is 2.38 bits per heavy atom. The first-order valence-electron chi connectivity index (χ1n) is 9.24. The quantitative estimate of drug-likeness (QED) is 0.607. The fourth-order valence-electron chi connectivity index (χ4n) is 3.44. The number of amides is 3. The van der Waals surface area contributed by atoms with E-state index < -0.39 is 17.7 Å². The van der Waals surface area contributed by atoms with Crippen LogP contribution in [0.5, 0.6) is 5.75 Å². The Kier molecular flexibility index (Phi) is 5.02. The summed E-state index contributed by atoms with van der Waals surface area (Å²) >= 11 is 1.38. The Hall–Kier alpha value is -3.26. The van der Waals surface area contributed by atoms with Gasteiger partial charge >= 0.3 is 0 Å². The highest BCUT2D eigenvalue weighted by Crippen LogP contribution is 2.27. The van der Waals surface area contributed by atoms with Gasteiger partial charge in [0.1, 0.15) is 17.8 Å². The number of fused-ring (bicyclic) bond motifs is 2. The lowest BCUT2D eigenvalue weighted by Crippen LogP contribution is -2.35. The van der Waals surface area contributed by atoms with Crippen molar-refractivity contribution >= 4 is 39.3 Å². The monoisotopic (exact) mass is 409 g/mol. The van der Waals surface area contributed by atoms with Gasteiger partial charge in [0, 0.05) is 6.54 Å². The first kappa shape index (κ1) is 19.1. The van der Waals surface area contributed by atoms with Gasteiger partial charge in [-0.1, -0.05) is 36.5 Å². The number of para-hydroxylation sites is 1. The molecular formula is C21H19N3O4S. The predicted octanol–water partition coefficient (Wildman–Crippen LogP) is 2.84. The van der Waals surface area contributed by atoms with Gasteiger partial charge in [0.15, 0.2) is 4.80 Å². The molecule has 0 saturated heterocycles. The molecule has 0 unspecified atom stereocenters. The average Bonchev–Trinajstić information content (AvgIpc) is 3.19. The van der Waals surface area contributed by atoms with Gasteiger partial charge < -0.3 is 9.30 Å². The van der Waals surface area contributed by atoms with E-state index in [1.165, 1.54) is 11.3 Å². The number of thiazole rings is 1. The summed E-state index contributed by atoms with van der Waals surface area (Å²) in [6, 6.07) is 12.3. The third kappa shape index (κ3) is 3.25. The molecular weight excluding hydrogens is 390 g/mol. The van der Waals surface area contributed by atoms with E-state index in [0.29, 0.717) is 28.2 Å². The van der Waals surface area contributed by atoms with E-state index in [2.05, 4.69) is 4.99 Å². The molecule has 3 amide bonds. The van der Waals surface area contributed by atoms with Gasteiger partial charge in [0.2, 0.25) is 0 Å². The molecule has 29 heavy (non-hydrogen) atoms. The molecule has 1 aromatic heterocycles. The number of nitrogens with zero attached hydrogens (tertiary/aromatic N) is 3. The second kappa shape index (κ2) is 7.63. The first-order valence-corrected chi connectivity index (χ1v) is 10.1. The molecule has 1 aliphatic heterocycles. The fraction of sp³-hybridized carbons (Fsp3) is 0.238. The average molecular weight is 409 g/mol. The Morgan fingerprint density at radius 2 is 1.76 bits per heavy atom. The highest BCUT2D eigenvalue weighted by Gasteiger charge is 2.36. The zero-order valence-corrected chi connectivity index (χ0v) is 16.9. The number of rotatable bonds is 5. The minimum absolute atomic E-state index is 0.318. The standard InChI is InChI=1S/C21H19N3O4S/c1-3-11-23-18-15(28-2)9-6-10-16(18)29-21(23)22-17(25)12-24-19(26)13-7-4-5-8-14(13)20(24)27/h4-10H,3,11-12H2,1-2H3. The Balaban J connectivity index is 1.69. The number of imide groups is 1. The highest BCUT2D eigenvalue weighted by atomic mass is 32.1. The molecule has 3 aromatic rings. The normalized spacial score (nSPS) is 14.0. The van der Waals surface area contributed by atoms with E-state index in [1.807, 2.05) is 29.7 Å². The molecule has 0 saturated carbocycles. The predicted molar refractivity (Wildman–Crippen MR) is 109 cm³/mol. The maximum atomic E-state index is 12.6. The van der Waals surface area contributed by atoms with Crippen LogP contribution in [0, 0.1) is 0 Å². The molecule has 0 atom stereocenters. The molecule has 148 valence electrons. The third-order valence-electron chi connectivity index (χ3n) is 4.72. The van der Waals surface area contributed by atoms with E-state index in [0.717, 1.165) is 21.5 Å². The highest BCUT2D eigenvalue weighted by molar-refractivity contribution is 7.16. The summed E-state index contributed by atoms with van der Waals surface area (Å²) < 4.78 is 8.36. The molecule has 0 aliphatic carbocycles. The summed E-state index contributed by atoms with van der Waals surface area (Å²) in [4.78, 5) is 43.3. The maximum Gasteiger partial charge on any atom is 0.268 e. The fourth-order valence-corrected chi connectivity index (χ4v) is 4.53. The SMILES string of the molecule is CCCn1c(=NC(=O)CN2C(=O)c3ccccc3C2=O)sc2cccc(OC)c21. The number of ether oxygens (including phenoxy) is 1. The van der Waals surface area contributed by atoms with Crippen LogP contribution < -0.4 is 9.54 Å². The van der Waals surface area contributed by atoms with Crippen molar-refractivity contribution in [2.24, 2.45) is 4.99 Å². The van der Waals surface area contributed by atoms with E-state index in [9.17, 15) is 14.4 Å². The summed E-state index contributed by atoms with van der Waals surface area (Å²) in [6.07, 6.45) is 0.851. The van der Waals surface area contributed by atoms with Crippen molar-refractivity contribution in [1.82, 2.24) is 9.47 Å². The molecule has 2 aromatic carbocycles. The number of benzene rings is 2. The largest absolute Gasteiger partial charge is 0.495 e. The minimum Gasteiger partial charge on any atom is -0.495 e. The lowest BCUT2D eigenvalue weighted by Gasteiger charge is -2.10. The summed E-state index contributed by atoms with van der Waals surface area (Å²) in [7, 11) is 1.60. The topological polar surface area (TPSA) is 81.0 Å². The molecule has 2 heterocycles. The number of aryl methyl sites for hydroxylation is 1. The molecule has 0 N–H and O–H groups in total. The van der Waals surface area contributed by atoms with Crippen LogP contribution in [0.2, 0.25) is 0 Å². The molecule has 8 heteroatoms. The first-order chi connectivity index (χ1) is 14.0. The van der Waals surface area contributed by atoms with Crippen molar-refractivity contribution < 1.29 is 19.1 Å². The zero-order valence-electron chi connectivity index (χ0n) is 16.0. The molecule has 4 rings (SSSR count).